The van der Waals surface area contributed by atoms with Gasteiger partial charge in [0, 0.05) is 0 Å². The maximum atomic E-state index is 12.9. The van der Waals surface area contributed by atoms with Gasteiger partial charge in [-0.05, 0) is 37.2 Å². The molecule has 0 bridgehead atoms. The summed E-state index contributed by atoms with van der Waals surface area (Å²) in [6.45, 7) is 7.11. The second-order valence-corrected chi connectivity index (χ2v) is 11.0. The molecule has 0 fully saturated rings. The topological polar surface area (TPSA) is 212 Å². The van der Waals surface area contributed by atoms with Crippen LogP contribution in [-0.4, -0.2) is 89.6 Å². The molecule has 0 heterocycles. The molecule has 1 rings (SSSR count). The Morgan fingerprint density at radius 1 is 0.698 bits per heavy atom. The fourth-order valence-corrected chi connectivity index (χ4v) is 3.89. The van der Waals surface area contributed by atoms with Crippen molar-refractivity contribution in [2.45, 2.75) is 84.3 Å². The Morgan fingerprint density at radius 2 is 1.21 bits per heavy atom. The van der Waals surface area contributed by atoms with E-state index in [0.717, 1.165) is 0 Å². The molecule has 5 atom stereocenters. The van der Waals surface area contributed by atoms with Gasteiger partial charge in [0.1, 0.15) is 37.1 Å². The number of nitrogens with one attached hydrogen (secondary N) is 5. The molecule has 0 saturated carbocycles. The molecule has 0 aliphatic rings. The number of carbonyl (C=O) groups is 6. The highest BCUT2D eigenvalue weighted by molar-refractivity contribution is 5.95. The van der Waals surface area contributed by atoms with E-state index < -0.39 is 73.1 Å². The normalized spacial score (nSPS) is 14.4. The summed E-state index contributed by atoms with van der Waals surface area (Å²) in [6.07, 6.45) is 0.351. The Morgan fingerprint density at radius 3 is 1.74 bits per heavy atom. The van der Waals surface area contributed by atoms with E-state index in [2.05, 4.69) is 26.6 Å². The summed E-state index contributed by atoms with van der Waals surface area (Å²) in [4.78, 5) is 74.5. The molecule has 5 amide bonds. The number of ether oxygens (including phenoxy) is 1. The first-order valence-corrected chi connectivity index (χ1v) is 14.2. The third kappa shape index (κ3) is 14.1. The number of amides is 5. The molecular weight excluding hydrogens is 562 g/mol. The molecule has 0 aliphatic heterocycles. The van der Waals surface area contributed by atoms with Crippen LogP contribution in [0.25, 0.3) is 0 Å². The van der Waals surface area contributed by atoms with Crippen molar-refractivity contribution in [1.82, 2.24) is 26.6 Å². The van der Waals surface area contributed by atoms with E-state index in [1.807, 2.05) is 27.7 Å². The van der Waals surface area contributed by atoms with Crippen molar-refractivity contribution in [3.8, 4) is 0 Å². The lowest BCUT2D eigenvalue weighted by Gasteiger charge is -2.25. The summed E-state index contributed by atoms with van der Waals surface area (Å²) in [5, 5.41) is 31.2. The molecule has 0 radical (unpaired) electrons. The van der Waals surface area contributed by atoms with Gasteiger partial charge in [-0.2, -0.15) is 0 Å². The highest BCUT2D eigenvalue weighted by Gasteiger charge is 2.30. The van der Waals surface area contributed by atoms with E-state index in [1.54, 1.807) is 30.3 Å². The summed E-state index contributed by atoms with van der Waals surface area (Å²) >= 11 is 0. The van der Waals surface area contributed by atoms with E-state index in [9.17, 15) is 39.0 Å². The lowest BCUT2D eigenvalue weighted by atomic mass is 10.0. The number of benzene rings is 1. The zero-order valence-corrected chi connectivity index (χ0v) is 25.3. The molecule has 0 spiro atoms. The Bertz CT molecular complexity index is 1070. The number of hydrogen-bond acceptors (Lipinski definition) is 9. The highest BCUT2D eigenvalue weighted by Crippen LogP contribution is 2.08. The third-order valence-electron chi connectivity index (χ3n) is 6.13. The Balaban J connectivity index is 2.74. The van der Waals surface area contributed by atoms with Gasteiger partial charge in [0.25, 0.3) is 0 Å². The van der Waals surface area contributed by atoms with Crippen molar-refractivity contribution in [3.63, 3.8) is 0 Å². The van der Waals surface area contributed by atoms with Gasteiger partial charge in [-0.15, -0.1) is 0 Å². The summed E-state index contributed by atoms with van der Waals surface area (Å²) in [5.74, 6) is -2.99. The van der Waals surface area contributed by atoms with Gasteiger partial charge >= 0.3 is 6.09 Å². The summed E-state index contributed by atoms with van der Waals surface area (Å²) in [5.41, 5.74) is 0.699. The first-order chi connectivity index (χ1) is 20.3. The number of aliphatic hydroxyl groups excluding tert-OH is 2. The maximum Gasteiger partial charge on any atom is 0.408 e. The van der Waals surface area contributed by atoms with Crippen LogP contribution in [0.1, 0.15) is 53.0 Å². The second-order valence-electron chi connectivity index (χ2n) is 11.0. The van der Waals surface area contributed by atoms with Gasteiger partial charge in [0.2, 0.25) is 23.6 Å². The third-order valence-corrected chi connectivity index (χ3v) is 6.13. The number of aliphatic hydroxyl groups is 2. The van der Waals surface area contributed by atoms with E-state index in [4.69, 9.17) is 4.74 Å². The first-order valence-electron chi connectivity index (χ1n) is 14.2. The van der Waals surface area contributed by atoms with Gasteiger partial charge in [0.05, 0.1) is 19.3 Å². The van der Waals surface area contributed by atoms with Crippen molar-refractivity contribution < 1.29 is 43.7 Å². The van der Waals surface area contributed by atoms with Gasteiger partial charge in [-0.25, -0.2) is 4.79 Å². The summed E-state index contributed by atoms with van der Waals surface area (Å²) < 4.78 is 5.02. The van der Waals surface area contributed by atoms with Crippen LogP contribution >= 0.6 is 0 Å². The number of aldehydes is 1. The lowest BCUT2D eigenvalue weighted by molar-refractivity contribution is -0.134. The van der Waals surface area contributed by atoms with Crippen LogP contribution < -0.4 is 26.6 Å². The molecule has 14 nitrogen and oxygen atoms in total. The predicted octanol–water partition coefficient (Wildman–Crippen LogP) is -0.484. The molecule has 0 unspecified atom stereocenters. The highest BCUT2D eigenvalue weighted by atomic mass is 16.5. The second kappa shape index (κ2) is 19.2. The smallest absolute Gasteiger partial charge is 0.408 e. The molecule has 7 N–H and O–H groups in total. The minimum absolute atomic E-state index is 0.0124. The van der Waals surface area contributed by atoms with Crippen LogP contribution in [0, 0.1) is 11.8 Å². The average Bonchev–Trinajstić information content (AvgIpc) is 2.96. The van der Waals surface area contributed by atoms with Crippen molar-refractivity contribution in [2.75, 3.05) is 13.2 Å². The molecule has 240 valence electrons. The van der Waals surface area contributed by atoms with Gasteiger partial charge in [-0.3, -0.25) is 19.2 Å². The molecular formula is C29H45N5O9. The van der Waals surface area contributed by atoms with Crippen LogP contribution in [0.2, 0.25) is 0 Å². The maximum absolute atomic E-state index is 12.9. The van der Waals surface area contributed by atoms with Crippen LogP contribution in [0.15, 0.2) is 30.3 Å². The Hall–Kier alpha value is -4.04. The number of rotatable bonds is 18. The standard InChI is InChI=1S/C29H45N5O9/c1-17(2)11-21(13-35)31-26(39)22(12-18(3)4)32-25(38)19(5)30-27(40)23(14-36)33-28(41)24(15-37)34-29(42)43-16-20-9-7-6-8-10-20/h6-10,13,17-19,21-24,36-37H,11-12,14-16H2,1-5H3,(H,30,40)(H,31,39)(H,32,38)(H,33,41)(H,34,42)/t19-,21-,22-,23-,24-/m0/s1. The minimum Gasteiger partial charge on any atom is -0.445 e. The average molecular weight is 608 g/mol. The molecule has 43 heavy (non-hydrogen) atoms. The Kier molecular flexibility index (Phi) is 16.5. The molecule has 0 saturated heterocycles. The Labute approximate surface area is 251 Å². The predicted molar refractivity (Wildman–Crippen MR) is 156 cm³/mol. The zero-order valence-electron chi connectivity index (χ0n) is 25.3. The fourth-order valence-electron chi connectivity index (χ4n) is 3.89. The van der Waals surface area contributed by atoms with Crippen LogP contribution in [0.5, 0.6) is 0 Å². The molecule has 0 aromatic heterocycles. The van der Waals surface area contributed by atoms with Crippen LogP contribution in [0.4, 0.5) is 4.79 Å². The lowest BCUT2D eigenvalue weighted by Crippen LogP contribution is -2.59. The quantitative estimate of drug-likeness (QED) is 0.107. The zero-order chi connectivity index (χ0) is 32.5. The van der Waals surface area contributed by atoms with E-state index in [1.165, 1.54) is 6.92 Å². The number of carbonyl (C=O) groups excluding carboxylic acids is 6. The summed E-state index contributed by atoms with van der Waals surface area (Å²) in [6, 6.07) is 2.86. The fraction of sp³-hybridized carbons (Fsp3) is 0.586. The van der Waals surface area contributed by atoms with E-state index in [0.29, 0.717) is 18.3 Å². The SMILES string of the molecule is CC(C)C[C@@H](C=O)NC(=O)[C@H](CC(C)C)NC(=O)[C@H](C)NC(=O)[C@H](CO)NC(=O)[C@H](CO)NC(=O)OCc1ccccc1. The monoisotopic (exact) mass is 607 g/mol. The summed E-state index contributed by atoms with van der Waals surface area (Å²) in [7, 11) is 0. The largest absolute Gasteiger partial charge is 0.445 e. The molecule has 1 aromatic rings. The number of hydrogen-bond donors (Lipinski definition) is 7. The number of alkyl carbamates (subject to hydrolysis) is 1. The van der Waals surface area contributed by atoms with Crippen molar-refractivity contribution in [1.29, 1.82) is 0 Å². The molecule has 14 heteroatoms. The van der Waals surface area contributed by atoms with E-state index >= 15 is 0 Å². The van der Waals surface area contributed by atoms with Crippen LogP contribution in [0.3, 0.4) is 0 Å². The van der Waals surface area contributed by atoms with Crippen molar-refractivity contribution >= 4 is 36.0 Å². The first kappa shape index (κ1) is 37.0. The van der Waals surface area contributed by atoms with Crippen LogP contribution in [-0.2, 0) is 35.3 Å². The van der Waals surface area contributed by atoms with E-state index in [-0.39, 0.29) is 24.9 Å². The van der Waals surface area contributed by atoms with Gasteiger partial charge in [0.15, 0.2) is 0 Å². The van der Waals surface area contributed by atoms with Gasteiger partial charge < -0.3 is 46.3 Å². The van der Waals surface area contributed by atoms with Gasteiger partial charge in [-0.1, -0.05) is 58.0 Å². The van der Waals surface area contributed by atoms with Crippen molar-refractivity contribution in [3.05, 3.63) is 35.9 Å². The molecule has 1 aromatic carbocycles. The van der Waals surface area contributed by atoms with Crippen molar-refractivity contribution in [2.24, 2.45) is 11.8 Å². The molecule has 0 aliphatic carbocycles. The minimum atomic E-state index is -1.53.